The summed E-state index contributed by atoms with van der Waals surface area (Å²) in [6, 6.07) is 0.666. The predicted molar refractivity (Wildman–Crippen MR) is 71.6 cm³/mol. The lowest BCUT2D eigenvalue weighted by atomic mass is 10.3. The van der Waals surface area contributed by atoms with E-state index < -0.39 is 5.91 Å². The van der Waals surface area contributed by atoms with Gasteiger partial charge in [0, 0.05) is 31.5 Å². The molecule has 2 aliphatic rings. The van der Waals surface area contributed by atoms with Crippen molar-refractivity contribution in [1.82, 2.24) is 20.5 Å². The first kappa shape index (κ1) is 12.7. The predicted octanol–water partition coefficient (Wildman–Crippen LogP) is -0.157. The molecule has 8 heteroatoms. The van der Waals surface area contributed by atoms with Crippen LogP contribution in [-0.2, 0) is 0 Å². The van der Waals surface area contributed by atoms with E-state index in [-0.39, 0.29) is 5.56 Å². The van der Waals surface area contributed by atoms with Crippen LogP contribution in [0.15, 0.2) is 12.4 Å². The van der Waals surface area contributed by atoms with Crippen molar-refractivity contribution < 1.29 is 10.0 Å². The molecule has 19 heavy (non-hydrogen) atoms. The van der Waals surface area contributed by atoms with Crippen molar-refractivity contribution in [1.29, 1.82) is 0 Å². The van der Waals surface area contributed by atoms with Gasteiger partial charge in [0.25, 0.3) is 5.91 Å². The van der Waals surface area contributed by atoms with E-state index in [4.69, 9.17) is 5.21 Å². The highest BCUT2D eigenvalue weighted by Crippen LogP contribution is 2.47. The van der Waals surface area contributed by atoms with Crippen LogP contribution in [0.3, 0.4) is 0 Å². The molecule has 0 radical (unpaired) electrons. The van der Waals surface area contributed by atoms with Crippen molar-refractivity contribution in [3.05, 3.63) is 18.0 Å². The van der Waals surface area contributed by atoms with Crippen molar-refractivity contribution in [2.45, 2.75) is 6.04 Å². The first-order valence-electron chi connectivity index (χ1n) is 6.18. The van der Waals surface area contributed by atoms with E-state index in [0.717, 1.165) is 21.8 Å². The Morgan fingerprint density at radius 2 is 2.05 bits per heavy atom. The molecule has 0 spiro atoms. The molecule has 1 saturated heterocycles. The summed E-state index contributed by atoms with van der Waals surface area (Å²) in [6.45, 7) is 4.09. The molecule has 102 valence electrons. The lowest BCUT2D eigenvalue weighted by Crippen LogP contribution is -2.30. The molecule has 3 atom stereocenters. The fourth-order valence-corrected chi connectivity index (χ4v) is 3.50. The SMILES string of the molecule is CPNC1C2CN(c3ncc(C(=O)NO)cn3)CC21. The Bertz CT molecular complexity index is 470. The van der Waals surface area contributed by atoms with E-state index in [1.165, 1.54) is 12.4 Å². The van der Waals surface area contributed by atoms with E-state index in [1.807, 2.05) is 0 Å². The van der Waals surface area contributed by atoms with Gasteiger partial charge in [-0.2, -0.15) is 0 Å². The number of anilines is 1. The minimum Gasteiger partial charge on any atom is -0.340 e. The van der Waals surface area contributed by atoms with Gasteiger partial charge in [-0.15, -0.1) is 0 Å². The highest BCUT2D eigenvalue weighted by atomic mass is 31.1. The summed E-state index contributed by atoms with van der Waals surface area (Å²) in [7, 11) is 0.795. The number of carbonyl (C=O) groups is 1. The molecule has 1 aliphatic heterocycles. The Kier molecular flexibility index (Phi) is 3.35. The number of aromatic nitrogens is 2. The summed E-state index contributed by atoms with van der Waals surface area (Å²) in [5, 5.41) is 12.0. The van der Waals surface area contributed by atoms with Gasteiger partial charge in [0.15, 0.2) is 0 Å². The van der Waals surface area contributed by atoms with Gasteiger partial charge in [-0.25, -0.2) is 15.4 Å². The van der Waals surface area contributed by atoms with E-state index in [9.17, 15) is 4.79 Å². The van der Waals surface area contributed by atoms with Gasteiger partial charge < -0.3 is 4.90 Å². The topological polar surface area (TPSA) is 90.4 Å². The molecule has 2 fully saturated rings. The van der Waals surface area contributed by atoms with Crippen LogP contribution in [0.1, 0.15) is 10.4 Å². The van der Waals surface area contributed by atoms with Crippen molar-refractivity contribution >= 4 is 20.6 Å². The second-order valence-electron chi connectivity index (χ2n) is 4.87. The van der Waals surface area contributed by atoms with Crippen LogP contribution in [-0.4, -0.2) is 46.9 Å². The van der Waals surface area contributed by atoms with Crippen molar-refractivity contribution in [3.63, 3.8) is 0 Å². The van der Waals surface area contributed by atoms with Crippen LogP contribution in [0.25, 0.3) is 0 Å². The van der Waals surface area contributed by atoms with E-state index in [2.05, 4.69) is 26.6 Å². The first-order valence-corrected chi connectivity index (χ1v) is 7.68. The fourth-order valence-electron chi connectivity index (χ4n) is 2.74. The average molecular weight is 281 g/mol. The molecule has 1 saturated carbocycles. The van der Waals surface area contributed by atoms with Crippen LogP contribution in [0.2, 0.25) is 0 Å². The molecule has 3 unspecified atom stereocenters. The lowest BCUT2D eigenvalue weighted by molar-refractivity contribution is 0.0705. The number of hydroxylamine groups is 1. The third-order valence-electron chi connectivity index (χ3n) is 3.79. The van der Waals surface area contributed by atoms with Crippen LogP contribution < -0.4 is 15.5 Å². The van der Waals surface area contributed by atoms with Gasteiger partial charge in [-0.1, -0.05) is 8.73 Å². The Balaban J connectivity index is 1.62. The summed E-state index contributed by atoms with van der Waals surface area (Å²) >= 11 is 0. The molecule has 1 aliphatic carbocycles. The molecule has 0 bridgehead atoms. The monoisotopic (exact) mass is 281 g/mol. The standard InChI is InChI=1S/C11H16N5O2P/c1-19-15-9-7-4-16(5-8(7)9)11-12-2-6(3-13-11)10(17)14-18/h2-3,7-9,15,18-19H,4-5H2,1H3,(H,14,17). The minimum absolute atomic E-state index is 0.252. The first-order chi connectivity index (χ1) is 9.24. The largest absolute Gasteiger partial charge is 0.340 e. The van der Waals surface area contributed by atoms with Crippen LogP contribution in [0.4, 0.5) is 5.95 Å². The smallest absolute Gasteiger partial charge is 0.277 e. The van der Waals surface area contributed by atoms with Crippen molar-refractivity contribution in [3.8, 4) is 0 Å². The molecule has 1 aromatic rings. The maximum Gasteiger partial charge on any atom is 0.277 e. The number of piperidine rings is 1. The number of fused-ring (bicyclic) bond motifs is 1. The number of carbonyl (C=O) groups excluding carboxylic acids is 1. The molecule has 0 aromatic carbocycles. The highest BCUT2D eigenvalue weighted by Gasteiger charge is 2.55. The van der Waals surface area contributed by atoms with Gasteiger partial charge in [0.1, 0.15) is 0 Å². The summed E-state index contributed by atoms with van der Waals surface area (Å²) in [4.78, 5) is 21.7. The van der Waals surface area contributed by atoms with E-state index in [0.29, 0.717) is 23.8 Å². The zero-order chi connectivity index (χ0) is 13.4. The van der Waals surface area contributed by atoms with Crippen LogP contribution in [0.5, 0.6) is 0 Å². The number of nitrogens with one attached hydrogen (secondary N) is 2. The number of hydrogen-bond acceptors (Lipinski definition) is 6. The second kappa shape index (κ2) is 5.00. The van der Waals surface area contributed by atoms with E-state index >= 15 is 0 Å². The van der Waals surface area contributed by atoms with Gasteiger partial charge in [-0.05, 0) is 18.5 Å². The molecular formula is C11H16N5O2P. The summed E-state index contributed by atoms with van der Waals surface area (Å²) < 4.78 is 0. The molecule has 1 aromatic heterocycles. The van der Waals surface area contributed by atoms with Gasteiger partial charge in [-0.3, -0.25) is 15.1 Å². The Hall–Kier alpha value is -1.30. The molecule has 7 nitrogen and oxygen atoms in total. The Morgan fingerprint density at radius 1 is 1.42 bits per heavy atom. The number of nitrogens with zero attached hydrogens (tertiary/aromatic N) is 3. The van der Waals surface area contributed by atoms with Gasteiger partial charge in [0.2, 0.25) is 5.95 Å². The Labute approximate surface area is 112 Å². The van der Waals surface area contributed by atoms with Crippen LogP contribution >= 0.6 is 8.73 Å². The lowest BCUT2D eigenvalue weighted by Gasteiger charge is -2.19. The molecule has 1 amide bonds. The average Bonchev–Trinajstić information content (AvgIpc) is 2.89. The zero-order valence-electron chi connectivity index (χ0n) is 10.5. The fraction of sp³-hybridized carbons (Fsp3) is 0.545. The molecule has 2 heterocycles. The third-order valence-corrected chi connectivity index (χ3v) is 4.41. The number of hydrogen-bond donors (Lipinski definition) is 3. The van der Waals surface area contributed by atoms with Gasteiger partial charge in [0.05, 0.1) is 5.56 Å². The van der Waals surface area contributed by atoms with Crippen molar-refractivity contribution in [2.24, 2.45) is 11.8 Å². The molecule has 3 N–H and O–H groups in total. The van der Waals surface area contributed by atoms with E-state index in [1.54, 1.807) is 5.48 Å². The maximum atomic E-state index is 11.2. The molecule has 3 rings (SSSR count). The number of rotatable bonds is 4. The maximum absolute atomic E-state index is 11.2. The summed E-state index contributed by atoms with van der Waals surface area (Å²) in [6.07, 6.45) is 2.86. The third kappa shape index (κ3) is 2.29. The summed E-state index contributed by atoms with van der Waals surface area (Å²) in [5.41, 5.74) is 1.82. The highest BCUT2D eigenvalue weighted by molar-refractivity contribution is 7.34. The van der Waals surface area contributed by atoms with Crippen LogP contribution in [0, 0.1) is 11.8 Å². The summed E-state index contributed by atoms with van der Waals surface area (Å²) in [5.74, 6) is 1.47. The molecular weight excluding hydrogens is 265 g/mol. The normalized spacial score (nSPS) is 28.7. The minimum atomic E-state index is -0.593. The second-order valence-corrected chi connectivity index (χ2v) is 5.65. The van der Waals surface area contributed by atoms with Gasteiger partial charge >= 0.3 is 0 Å². The Morgan fingerprint density at radius 3 is 2.58 bits per heavy atom. The zero-order valence-corrected chi connectivity index (χ0v) is 11.5. The van der Waals surface area contributed by atoms with Crippen molar-refractivity contribution in [2.75, 3.05) is 24.7 Å². The number of amides is 1. The quantitative estimate of drug-likeness (QED) is 0.404.